The van der Waals surface area contributed by atoms with Crippen molar-refractivity contribution in [1.82, 2.24) is 0 Å². The first-order valence-corrected chi connectivity index (χ1v) is 9.97. The summed E-state index contributed by atoms with van der Waals surface area (Å²) in [4.78, 5) is 24.7. The molecule has 2 aromatic rings. The van der Waals surface area contributed by atoms with Gasteiger partial charge < -0.3 is 9.47 Å². The lowest BCUT2D eigenvalue weighted by Crippen LogP contribution is -2.24. The van der Waals surface area contributed by atoms with Gasteiger partial charge in [-0.1, -0.05) is 6.07 Å². The molecule has 2 rings (SSSR count). The van der Waals surface area contributed by atoms with Gasteiger partial charge in [-0.25, -0.2) is 13.2 Å². The first-order valence-electron chi connectivity index (χ1n) is 8.08. The van der Waals surface area contributed by atoms with E-state index in [2.05, 4.69) is 4.72 Å². The van der Waals surface area contributed by atoms with E-state index in [1.807, 2.05) is 6.92 Å². The molecule has 27 heavy (non-hydrogen) atoms. The van der Waals surface area contributed by atoms with Crippen LogP contribution in [0.2, 0.25) is 0 Å². The van der Waals surface area contributed by atoms with Crippen LogP contribution in [0.5, 0.6) is 5.75 Å². The summed E-state index contributed by atoms with van der Waals surface area (Å²) in [5.41, 5.74) is 1.80. The number of rotatable bonds is 7. The van der Waals surface area contributed by atoms with Gasteiger partial charge in [0.15, 0.2) is 6.10 Å². The van der Waals surface area contributed by atoms with Crippen molar-refractivity contribution in [2.24, 2.45) is 0 Å². The fraction of sp³-hybridized carbons (Fsp3) is 0.263. The Morgan fingerprint density at radius 1 is 1.04 bits per heavy atom. The van der Waals surface area contributed by atoms with Crippen molar-refractivity contribution in [1.29, 1.82) is 0 Å². The number of hydrogen-bond acceptors (Lipinski definition) is 6. The van der Waals surface area contributed by atoms with Gasteiger partial charge in [0.05, 0.1) is 18.9 Å². The highest BCUT2D eigenvalue weighted by molar-refractivity contribution is 7.92. The molecule has 0 aliphatic rings. The van der Waals surface area contributed by atoms with Gasteiger partial charge in [0.25, 0.3) is 0 Å². The van der Waals surface area contributed by atoms with Crippen LogP contribution in [0.4, 0.5) is 5.69 Å². The van der Waals surface area contributed by atoms with E-state index in [4.69, 9.17) is 9.47 Å². The Labute approximate surface area is 158 Å². The maximum atomic E-state index is 12.4. The first kappa shape index (κ1) is 20.4. The van der Waals surface area contributed by atoms with Crippen LogP contribution in [0, 0.1) is 6.92 Å². The zero-order valence-corrected chi connectivity index (χ0v) is 16.3. The van der Waals surface area contributed by atoms with Crippen LogP contribution >= 0.6 is 0 Å². The minimum Gasteiger partial charge on any atom is -0.496 e. The second-order valence-electron chi connectivity index (χ2n) is 6.05. The Morgan fingerprint density at radius 2 is 1.63 bits per heavy atom. The molecule has 0 aromatic heterocycles. The number of Topliss-reactive ketones (excluding diaryl/α,β-unsaturated/α-hetero) is 1. The van der Waals surface area contributed by atoms with E-state index in [1.165, 1.54) is 38.3 Å². The highest BCUT2D eigenvalue weighted by Crippen LogP contribution is 2.20. The number of sulfonamides is 1. The standard InChI is InChI=1S/C19H21NO6S/c1-12-5-6-15(11-17(12)25-3)19(22)26-13(2)18(21)14-7-9-16(10-8-14)20-27(4,23)24/h5-11,13,20H,1-4H3. The number of hydrogen-bond donors (Lipinski definition) is 1. The molecule has 1 atom stereocenters. The normalized spacial score (nSPS) is 12.1. The minimum atomic E-state index is -3.40. The van der Waals surface area contributed by atoms with Gasteiger partial charge in [-0.3, -0.25) is 9.52 Å². The average Bonchev–Trinajstić information content (AvgIpc) is 2.60. The zero-order valence-electron chi connectivity index (χ0n) is 15.5. The molecule has 8 heteroatoms. The lowest BCUT2D eigenvalue weighted by Gasteiger charge is -2.14. The molecule has 1 unspecified atom stereocenters. The SMILES string of the molecule is COc1cc(C(=O)OC(C)C(=O)c2ccc(NS(C)(=O)=O)cc2)ccc1C. The number of carbonyl (C=O) groups is 2. The Morgan fingerprint density at radius 3 is 2.19 bits per heavy atom. The van der Waals surface area contributed by atoms with Crippen molar-refractivity contribution < 1.29 is 27.5 Å². The second kappa shape index (κ2) is 8.22. The van der Waals surface area contributed by atoms with Crippen LogP contribution in [0.3, 0.4) is 0 Å². The van der Waals surface area contributed by atoms with E-state index in [1.54, 1.807) is 18.2 Å². The third-order valence-corrected chi connectivity index (χ3v) is 4.38. The molecule has 0 saturated heterocycles. The zero-order chi connectivity index (χ0) is 20.2. The van der Waals surface area contributed by atoms with Gasteiger partial charge in [-0.05, 0) is 55.8 Å². The summed E-state index contributed by atoms with van der Waals surface area (Å²) in [6.07, 6.45) is 0.0340. The third-order valence-electron chi connectivity index (χ3n) is 3.77. The summed E-state index contributed by atoms with van der Waals surface area (Å²) >= 11 is 0. The Kier molecular flexibility index (Phi) is 6.22. The minimum absolute atomic E-state index is 0.282. The molecule has 0 aliphatic carbocycles. The van der Waals surface area contributed by atoms with Crippen molar-refractivity contribution in [3.05, 3.63) is 59.2 Å². The summed E-state index contributed by atoms with van der Waals surface area (Å²) in [5, 5.41) is 0. The summed E-state index contributed by atoms with van der Waals surface area (Å²) in [5.74, 6) is -0.477. The van der Waals surface area contributed by atoms with Gasteiger partial charge in [-0.15, -0.1) is 0 Å². The van der Waals surface area contributed by atoms with Gasteiger partial charge in [-0.2, -0.15) is 0 Å². The van der Waals surface area contributed by atoms with E-state index >= 15 is 0 Å². The average molecular weight is 391 g/mol. The van der Waals surface area contributed by atoms with E-state index in [0.717, 1.165) is 11.8 Å². The van der Waals surface area contributed by atoms with Crippen LogP contribution in [0.1, 0.15) is 33.2 Å². The lowest BCUT2D eigenvalue weighted by atomic mass is 10.1. The topological polar surface area (TPSA) is 98.8 Å². The van der Waals surface area contributed by atoms with Crippen LogP contribution in [-0.4, -0.2) is 39.6 Å². The van der Waals surface area contributed by atoms with Gasteiger partial charge in [0, 0.05) is 11.3 Å². The van der Waals surface area contributed by atoms with Crippen LogP contribution in [0.25, 0.3) is 0 Å². The Hall–Kier alpha value is -2.87. The molecule has 7 nitrogen and oxygen atoms in total. The molecule has 0 fully saturated rings. The first-order chi connectivity index (χ1) is 12.6. The maximum absolute atomic E-state index is 12.4. The fourth-order valence-electron chi connectivity index (χ4n) is 2.38. The molecule has 0 saturated carbocycles. The summed E-state index contributed by atoms with van der Waals surface area (Å²) in [6, 6.07) is 10.8. The molecule has 0 amide bonds. The second-order valence-corrected chi connectivity index (χ2v) is 7.80. The number of methoxy groups -OCH3 is 1. The molecule has 144 valence electrons. The van der Waals surface area contributed by atoms with Crippen molar-refractivity contribution in [3.8, 4) is 5.75 Å². The van der Waals surface area contributed by atoms with Gasteiger partial charge in [0.2, 0.25) is 15.8 Å². The highest BCUT2D eigenvalue weighted by atomic mass is 32.2. The lowest BCUT2D eigenvalue weighted by molar-refractivity contribution is 0.0318. The van der Waals surface area contributed by atoms with Crippen LogP contribution < -0.4 is 9.46 Å². The molecule has 1 N–H and O–H groups in total. The Bertz CT molecular complexity index is 951. The molecule has 0 bridgehead atoms. The molecule has 0 heterocycles. The number of nitrogens with one attached hydrogen (secondary N) is 1. The van der Waals surface area contributed by atoms with E-state index in [-0.39, 0.29) is 5.56 Å². The number of carbonyl (C=O) groups excluding carboxylic acids is 2. The molecular formula is C19H21NO6S. The number of benzene rings is 2. The third kappa shape index (κ3) is 5.55. The molecule has 0 radical (unpaired) electrons. The molecule has 0 spiro atoms. The van der Waals surface area contributed by atoms with Crippen LogP contribution in [-0.2, 0) is 14.8 Å². The number of esters is 1. The van der Waals surface area contributed by atoms with Crippen molar-refractivity contribution >= 4 is 27.5 Å². The molecule has 2 aromatic carbocycles. The summed E-state index contributed by atoms with van der Waals surface area (Å²) in [6.45, 7) is 3.33. The fourth-order valence-corrected chi connectivity index (χ4v) is 2.94. The van der Waals surface area contributed by atoms with Gasteiger partial charge >= 0.3 is 5.97 Å². The van der Waals surface area contributed by atoms with E-state index < -0.39 is 27.9 Å². The van der Waals surface area contributed by atoms with Crippen molar-refractivity contribution in [3.63, 3.8) is 0 Å². The number of anilines is 1. The monoisotopic (exact) mass is 391 g/mol. The van der Waals surface area contributed by atoms with Crippen molar-refractivity contribution in [2.75, 3.05) is 18.1 Å². The summed E-state index contributed by atoms with van der Waals surface area (Å²) in [7, 11) is -1.89. The number of ketones is 1. The molecular weight excluding hydrogens is 370 g/mol. The molecule has 0 aliphatic heterocycles. The summed E-state index contributed by atoms with van der Waals surface area (Å²) < 4.78 is 35.1. The largest absolute Gasteiger partial charge is 0.496 e. The maximum Gasteiger partial charge on any atom is 0.338 e. The predicted octanol–water partition coefficient (Wildman–Crippen LogP) is 2.80. The van der Waals surface area contributed by atoms with Crippen LogP contribution in [0.15, 0.2) is 42.5 Å². The number of ether oxygens (including phenoxy) is 2. The Balaban J connectivity index is 2.07. The van der Waals surface area contributed by atoms with Crippen molar-refractivity contribution in [2.45, 2.75) is 20.0 Å². The highest BCUT2D eigenvalue weighted by Gasteiger charge is 2.21. The predicted molar refractivity (Wildman–Crippen MR) is 102 cm³/mol. The van der Waals surface area contributed by atoms with E-state index in [9.17, 15) is 18.0 Å². The van der Waals surface area contributed by atoms with E-state index in [0.29, 0.717) is 17.0 Å². The quantitative estimate of drug-likeness (QED) is 0.576. The van der Waals surface area contributed by atoms with Gasteiger partial charge in [0.1, 0.15) is 5.75 Å². The smallest absolute Gasteiger partial charge is 0.338 e. The number of aryl methyl sites for hydroxylation is 1.